The van der Waals surface area contributed by atoms with Crippen molar-refractivity contribution in [3.63, 3.8) is 0 Å². The van der Waals surface area contributed by atoms with Crippen molar-refractivity contribution in [3.05, 3.63) is 84.4 Å². The molecule has 0 saturated carbocycles. The molecule has 1 unspecified atom stereocenters. The Morgan fingerprint density at radius 1 is 0.968 bits per heavy atom. The van der Waals surface area contributed by atoms with E-state index < -0.39 is 12.0 Å². The maximum Gasteiger partial charge on any atom is 0.321 e. The molecule has 1 atom stereocenters. The van der Waals surface area contributed by atoms with Crippen LogP contribution >= 0.6 is 0 Å². The topological polar surface area (TPSA) is 97.5 Å². The number of benzene rings is 3. The Hall–Kier alpha value is -3.97. The number of aliphatic carboxylic acids is 1. The van der Waals surface area contributed by atoms with Crippen molar-refractivity contribution in [2.24, 2.45) is 0 Å². The molecule has 0 bridgehead atoms. The Balaban J connectivity index is 1.45. The molecule has 1 heterocycles. The van der Waals surface area contributed by atoms with Gasteiger partial charge >= 0.3 is 5.97 Å². The van der Waals surface area contributed by atoms with Crippen LogP contribution < -0.4 is 10.1 Å². The number of ether oxygens (including phenoxy) is 1. The molecule has 4 rings (SSSR count). The predicted octanol–water partition coefficient (Wildman–Crippen LogP) is 4.41. The monoisotopic (exact) mass is 415 g/mol. The molecule has 7 nitrogen and oxygen atoms in total. The van der Waals surface area contributed by atoms with Crippen molar-refractivity contribution >= 4 is 5.97 Å². The highest BCUT2D eigenvalue weighted by molar-refractivity contribution is 5.74. The molecule has 0 aliphatic rings. The molecule has 0 fully saturated rings. The SMILES string of the molecule is CNC(Cc1ccc(-c2noc(-c3ccc(Oc4ccccc4)cc3)n2)cc1)C(=O)O. The highest BCUT2D eigenvalue weighted by Crippen LogP contribution is 2.26. The minimum Gasteiger partial charge on any atom is -0.480 e. The summed E-state index contributed by atoms with van der Waals surface area (Å²) in [6, 6.07) is 23.8. The minimum absolute atomic E-state index is 0.390. The van der Waals surface area contributed by atoms with Crippen LogP contribution in [0.3, 0.4) is 0 Å². The van der Waals surface area contributed by atoms with Crippen molar-refractivity contribution in [2.45, 2.75) is 12.5 Å². The number of carboxylic acids is 1. The zero-order valence-electron chi connectivity index (χ0n) is 16.9. The summed E-state index contributed by atoms with van der Waals surface area (Å²) < 4.78 is 11.2. The summed E-state index contributed by atoms with van der Waals surface area (Å²) in [4.78, 5) is 15.6. The maximum atomic E-state index is 11.2. The van der Waals surface area contributed by atoms with Gasteiger partial charge in [-0.2, -0.15) is 4.98 Å². The van der Waals surface area contributed by atoms with Gasteiger partial charge in [0.05, 0.1) is 0 Å². The second-order valence-electron chi connectivity index (χ2n) is 6.94. The third-order valence-electron chi connectivity index (χ3n) is 4.80. The van der Waals surface area contributed by atoms with Crippen molar-refractivity contribution < 1.29 is 19.2 Å². The number of nitrogens with one attached hydrogen (secondary N) is 1. The van der Waals surface area contributed by atoms with Gasteiger partial charge in [-0.1, -0.05) is 47.6 Å². The largest absolute Gasteiger partial charge is 0.480 e. The van der Waals surface area contributed by atoms with Gasteiger partial charge < -0.3 is 19.7 Å². The van der Waals surface area contributed by atoms with E-state index in [9.17, 15) is 4.79 Å². The number of carboxylic acid groups (broad SMARTS) is 1. The first-order valence-electron chi connectivity index (χ1n) is 9.79. The fourth-order valence-corrected chi connectivity index (χ4v) is 3.09. The number of likely N-dealkylation sites (N-methyl/N-ethyl adjacent to an activating group) is 1. The van der Waals surface area contributed by atoms with Gasteiger partial charge in [-0.3, -0.25) is 4.79 Å². The van der Waals surface area contributed by atoms with Gasteiger partial charge in [0.25, 0.3) is 5.89 Å². The lowest BCUT2D eigenvalue weighted by Gasteiger charge is -2.10. The molecule has 0 radical (unpaired) electrons. The van der Waals surface area contributed by atoms with Crippen LogP contribution in [0.15, 0.2) is 83.4 Å². The fourth-order valence-electron chi connectivity index (χ4n) is 3.09. The zero-order valence-corrected chi connectivity index (χ0v) is 16.9. The Morgan fingerprint density at radius 3 is 2.26 bits per heavy atom. The highest BCUT2D eigenvalue weighted by Gasteiger charge is 2.16. The van der Waals surface area contributed by atoms with Crippen LogP contribution in [0.25, 0.3) is 22.8 Å². The van der Waals surface area contributed by atoms with Gasteiger partial charge in [-0.05, 0) is 55.4 Å². The van der Waals surface area contributed by atoms with Gasteiger partial charge in [-0.25, -0.2) is 0 Å². The predicted molar refractivity (Wildman–Crippen MR) is 116 cm³/mol. The van der Waals surface area contributed by atoms with Gasteiger partial charge in [0, 0.05) is 11.1 Å². The van der Waals surface area contributed by atoms with E-state index in [1.807, 2.05) is 78.9 Å². The molecule has 1 aromatic heterocycles. The van der Waals surface area contributed by atoms with Crippen molar-refractivity contribution in [3.8, 4) is 34.3 Å². The van der Waals surface area contributed by atoms with Gasteiger partial charge in [-0.15, -0.1) is 0 Å². The quantitative estimate of drug-likeness (QED) is 0.440. The molecule has 3 aromatic carbocycles. The molecule has 2 N–H and O–H groups in total. The molecule has 4 aromatic rings. The molecular formula is C24H21N3O4. The van der Waals surface area contributed by atoms with Gasteiger partial charge in [0.15, 0.2) is 0 Å². The van der Waals surface area contributed by atoms with Gasteiger partial charge in [0.1, 0.15) is 17.5 Å². The van der Waals surface area contributed by atoms with E-state index in [1.165, 1.54) is 0 Å². The summed E-state index contributed by atoms with van der Waals surface area (Å²) in [6.07, 6.45) is 0.390. The highest BCUT2D eigenvalue weighted by atomic mass is 16.5. The molecule has 0 spiro atoms. The van der Waals surface area contributed by atoms with E-state index in [1.54, 1.807) is 7.05 Å². The normalized spacial score (nSPS) is 11.8. The Labute approximate surface area is 179 Å². The number of hydrogen-bond acceptors (Lipinski definition) is 6. The number of para-hydroxylation sites is 1. The Morgan fingerprint density at radius 2 is 1.61 bits per heavy atom. The fraction of sp³-hybridized carbons (Fsp3) is 0.125. The second-order valence-corrected chi connectivity index (χ2v) is 6.94. The molecule has 156 valence electrons. The van der Waals surface area contributed by atoms with Crippen molar-refractivity contribution in [1.82, 2.24) is 15.5 Å². The van der Waals surface area contributed by atoms with E-state index in [4.69, 9.17) is 14.4 Å². The summed E-state index contributed by atoms with van der Waals surface area (Å²) in [5.41, 5.74) is 2.48. The maximum absolute atomic E-state index is 11.2. The van der Waals surface area contributed by atoms with Crippen LogP contribution in [-0.4, -0.2) is 34.3 Å². The molecule has 7 heteroatoms. The zero-order chi connectivity index (χ0) is 21.6. The molecule has 0 aliphatic carbocycles. The van der Waals surface area contributed by atoms with Crippen LogP contribution in [0.1, 0.15) is 5.56 Å². The second kappa shape index (κ2) is 9.23. The van der Waals surface area contributed by atoms with Crippen LogP contribution in [-0.2, 0) is 11.2 Å². The Bertz CT molecular complexity index is 1140. The van der Waals surface area contributed by atoms with Crippen LogP contribution in [0.4, 0.5) is 0 Å². The lowest BCUT2D eigenvalue weighted by molar-refractivity contribution is -0.139. The molecular weight excluding hydrogens is 394 g/mol. The van der Waals surface area contributed by atoms with Crippen LogP contribution in [0, 0.1) is 0 Å². The standard InChI is InChI=1S/C24H21N3O4/c1-25-21(24(28)29)15-16-7-9-17(10-8-16)22-26-23(31-27-22)18-11-13-20(14-12-18)30-19-5-3-2-4-6-19/h2-14,21,25H,15H2,1H3,(H,28,29). The van der Waals surface area contributed by atoms with E-state index in [0.717, 1.165) is 22.4 Å². The molecule has 0 aliphatic heterocycles. The summed E-state index contributed by atoms with van der Waals surface area (Å²) >= 11 is 0. The lowest BCUT2D eigenvalue weighted by Crippen LogP contribution is -2.35. The van der Waals surface area contributed by atoms with E-state index in [0.29, 0.717) is 23.9 Å². The number of carbonyl (C=O) groups is 1. The van der Waals surface area contributed by atoms with Gasteiger partial charge in [0.2, 0.25) is 5.82 Å². The van der Waals surface area contributed by atoms with E-state index >= 15 is 0 Å². The van der Waals surface area contributed by atoms with Crippen LogP contribution in [0.5, 0.6) is 11.5 Å². The summed E-state index contributed by atoms with van der Waals surface area (Å²) in [6.45, 7) is 0. The first-order valence-corrected chi connectivity index (χ1v) is 9.79. The first-order chi connectivity index (χ1) is 15.1. The average Bonchev–Trinajstić information content (AvgIpc) is 3.29. The summed E-state index contributed by atoms with van der Waals surface area (Å²) in [5, 5.41) is 16.0. The lowest BCUT2D eigenvalue weighted by atomic mass is 10.0. The van der Waals surface area contributed by atoms with E-state index in [2.05, 4.69) is 15.5 Å². The van der Waals surface area contributed by atoms with E-state index in [-0.39, 0.29) is 0 Å². The minimum atomic E-state index is -0.880. The average molecular weight is 415 g/mol. The number of aromatic nitrogens is 2. The number of hydrogen-bond donors (Lipinski definition) is 2. The van der Waals surface area contributed by atoms with Crippen LogP contribution in [0.2, 0.25) is 0 Å². The number of rotatable bonds is 8. The number of nitrogens with zero attached hydrogens (tertiary/aromatic N) is 2. The van der Waals surface area contributed by atoms with Crippen molar-refractivity contribution in [2.75, 3.05) is 7.05 Å². The third kappa shape index (κ3) is 4.96. The molecule has 31 heavy (non-hydrogen) atoms. The summed E-state index contributed by atoms with van der Waals surface area (Å²) in [7, 11) is 1.63. The summed E-state index contributed by atoms with van der Waals surface area (Å²) in [5.74, 6) is 1.48. The third-order valence-corrected chi connectivity index (χ3v) is 4.80. The molecule has 0 amide bonds. The smallest absolute Gasteiger partial charge is 0.321 e. The Kier molecular flexibility index (Phi) is 6.05. The first kappa shape index (κ1) is 20.3. The molecule has 0 saturated heterocycles. The van der Waals surface area contributed by atoms with Crippen molar-refractivity contribution in [1.29, 1.82) is 0 Å².